The van der Waals surface area contributed by atoms with E-state index in [1.54, 1.807) is 0 Å². The third-order valence-corrected chi connectivity index (χ3v) is 3.13. The quantitative estimate of drug-likeness (QED) is 0.834. The molecular formula is C16H29NO. The fourth-order valence-corrected chi connectivity index (χ4v) is 3.12. The van der Waals surface area contributed by atoms with Gasteiger partial charge < -0.3 is 9.73 Å². The maximum Gasteiger partial charge on any atom is 0.105 e. The summed E-state index contributed by atoms with van der Waals surface area (Å²) in [4.78, 5) is 0. The highest BCUT2D eigenvalue weighted by molar-refractivity contribution is 5.23. The van der Waals surface area contributed by atoms with Crippen molar-refractivity contribution in [3.63, 3.8) is 0 Å². The lowest BCUT2D eigenvalue weighted by Gasteiger charge is -2.36. The van der Waals surface area contributed by atoms with Gasteiger partial charge >= 0.3 is 0 Å². The van der Waals surface area contributed by atoms with Gasteiger partial charge in [-0.3, -0.25) is 0 Å². The molecule has 0 saturated heterocycles. The average Bonchev–Trinajstić information content (AvgIpc) is 2.39. The van der Waals surface area contributed by atoms with Gasteiger partial charge in [0.15, 0.2) is 0 Å². The summed E-state index contributed by atoms with van der Waals surface area (Å²) in [5, 5.41) is 3.72. The number of rotatable bonds is 4. The summed E-state index contributed by atoms with van der Waals surface area (Å²) in [6.07, 6.45) is 1.14. The molecule has 0 aliphatic carbocycles. The molecule has 18 heavy (non-hydrogen) atoms. The molecule has 1 N–H and O–H groups in total. The minimum atomic E-state index is 0.120. The molecule has 2 nitrogen and oxygen atoms in total. The van der Waals surface area contributed by atoms with Crippen LogP contribution in [0.25, 0.3) is 0 Å². The molecule has 1 unspecified atom stereocenters. The first-order chi connectivity index (χ1) is 8.00. The Morgan fingerprint density at radius 1 is 1.17 bits per heavy atom. The summed E-state index contributed by atoms with van der Waals surface area (Å²) >= 11 is 0. The normalized spacial score (nSPS) is 14.9. The largest absolute Gasteiger partial charge is 0.466 e. The van der Waals surface area contributed by atoms with Crippen LogP contribution in [0.4, 0.5) is 0 Å². The van der Waals surface area contributed by atoms with Crippen LogP contribution < -0.4 is 5.32 Å². The lowest BCUT2D eigenvalue weighted by Crippen LogP contribution is -2.43. The van der Waals surface area contributed by atoms with Crippen molar-refractivity contribution in [2.45, 2.75) is 73.4 Å². The molecule has 0 aliphatic rings. The molecule has 104 valence electrons. The van der Waals surface area contributed by atoms with Gasteiger partial charge in [0.2, 0.25) is 0 Å². The van der Waals surface area contributed by atoms with E-state index in [0.717, 1.165) is 17.9 Å². The van der Waals surface area contributed by atoms with Crippen LogP contribution in [0, 0.1) is 19.3 Å². The first-order valence-electron chi connectivity index (χ1n) is 6.85. The van der Waals surface area contributed by atoms with Crippen molar-refractivity contribution >= 4 is 0 Å². The summed E-state index contributed by atoms with van der Waals surface area (Å²) in [6.45, 7) is 17.7. The molecule has 0 aliphatic heterocycles. The third-order valence-electron chi connectivity index (χ3n) is 3.13. The summed E-state index contributed by atoms with van der Waals surface area (Å²) in [5.74, 6) is 2.02. The van der Waals surface area contributed by atoms with Gasteiger partial charge in [-0.05, 0) is 52.5 Å². The molecule has 0 saturated carbocycles. The highest BCUT2D eigenvalue weighted by atomic mass is 16.3. The van der Waals surface area contributed by atoms with Gasteiger partial charge in [0, 0.05) is 17.1 Å². The number of furan rings is 1. The van der Waals surface area contributed by atoms with Gasteiger partial charge in [-0.2, -0.15) is 0 Å². The van der Waals surface area contributed by atoms with E-state index in [4.69, 9.17) is 4.42 Å². The average molecular weight is 251 g/mol. The molecule has 2 heteroatoms. The van der Waals surface area contributed by atoms with E-state index < -0.39 is 0 Å². The van der Waals surface area contributed by atoms with Crippen LogP contribution in [0.15, 0.2) is 10.5 Å². The molecule has 0 radical (unpaired) electrons. The van der Waals surface area contributed by atoms with Crippen LogP contribution in [0.3, 0.4) is 0 Å². The summed E-state index contributed by atoms with van der Waals surface area (Å²) in [7, 11) is 0. The molecule has 1 rings (SSSR count). The van der Waals surface area contributed by atoms with Gasteiger partial charge in [0.25, 0.3) is 0 Å². The number of aryl methyl sites for hydroxylation is 2. The van der Waals surface area contributed by atoms with E-state index in [0.29, 0.717) is 11.5 Å². The van der Waals surface area contributed by atoms with E-state index in [9.17, 15) is 0 Å². The van der Waals surface area contributed by atoms with Gasteiger partial charge in [0.1, 0.15) is 11.5 Å². The van der Waals surface area contributed by atoms with Crippen LogP contribution in [-0.2, 0) is 0 Å². The second-order valence-corrected chi connectivity index (χ2v) is 7.36. The maximum atomic E-state index is 5.61. The van der Waals surface area contributed by atoms with Crippen molar-refractivity contribution < 1.29 is 4.42 Å². The van der Waals surface area contributed by atoms with E-state index in [1.165, 1.54) is 5.56 Å². The summed E-state index contributed by atoms with van der Waals surface area (Å²) in [6, 6.07) is 2.46. The fraction of sp³-hybridized carbons (Fsp3) is 0.750. The standard InChI is InChI=1S/C16H29NO/c1-11-9-14(13(3)18-11)12(2)17-16(7,8)10-15(4,5)6/h9,12,17H,10H2,1-8H3. The van der Waals surface area contributed by atoms with Crippen molar-refractivity contribution in [3.8, 4) is 0 Å². The Hall–Kier alpha value is -0.760. The highest BCUT2D eigenvalue weighted by Gasteiger charge is 2.27. The first kappa shape index (κ1) is 15.3. The van der Waals surface area contributed by atoms with Gasteiger partial charge in [-0.1, -0.05) is 20.8 Å². The molecular weight excluding hydrogens is 222 g/mol. The van der Waals surface area contributed by atoms with E-state index in [-0.39, 0.29) is 5.54 Å². The molecule has 1 heterocycles. The lowest BCUT2D eigenvalue weighted by molar-refractivity contribution is 0.226. The zero-order chi connectivity index (χ0) is 14.1. The van der Waals surface area contributed by atoms with Crippen LogP contribution in [-0.4, -0.2) is 5.54 Å². The smallest absolute Gasteiger partial charge is 0.105 e. The topological polar surface area (TPSA) is 25.2 Å². The van der Waals surface area contributed by atoms with Crippen molar-refractivity contribution in [2.75, 3.05) is 0 Å². The number of hydrogen-bond acceptors (Lipinski definition) is 2. The Balaban J connectivity index is 2.75. The minimum Gasteiger partial charge on any atom is -0.466 e. The Morgan fingerprint density at radius 2 is 1.72 bits per heavy atom. The second-order valence-electron chi connectivity index (χ2n) is 7.36. The molecule has 1 atom stereocenters. The van der Waals surface area contributed by atoms with E-state index >= 15 is 0 Å². The van der Waals surface area contributed by atoms with E-state index in [2.05, 4.69) is 52.9 Å². The van der Waals surface area contributed by atoms with Crippen LogP contribution in [0.1, 0.15) is 71.1 Å². The first-order valence-corrected chi connectivity index (χ1v) is 6.85. The SMILES string of the molecule is Cc1cc(C(C)NC(C)(C)CC(C)(C)C)c(C)o1. The summed E-state index contributed by atoms with van der Waals surface area (Å²) < 4.78 is 5.61. The zero-order valence-electron chi connectivity index (χ0n) is 13.3. The van der Waals surface area contributed by atoms with Gasteiger partial charge in [-0.15, -0.1) is 0 Å². The van der Waals surface area contributed by atoms with Crippen molar-refractivity contribution in [1.29, 1.82) is 0 Å². The van der Waals surface area contributed by atoms with Crippen molar-refractivity contribution in [3.05, 3.63) is 23.2 Å². The number of hydrogen-bond donors (Lipinski definition) is 1. The molecule has 0 fully saturated rings. The predicted octanol–water partition coefficient (Wildman–Crippen LogP) is 4.76. The molecule has 0 spiro atoms. The highest BCUT2D eigenvalue weighted by Crippen LogP contribution is 2.30. The van der Waals surface area contributed by atoms with Crippen LogP contribution in [0.2, 0.25) is 0 Å². The molecule has 0 bridgehead atoms. The molecule has 0 aromatic carbocycles. The monoisotopic (exact) mass is 251 g/mol. The lowest BCUT2D eigenvalue weighted by atomic mass is 9.81. The molecule has 1 aromatic heterocycles. The number of nitrogens with one attached hydrogen (secondary N) is 1. The van der Waals surface area contributed by atoms with Crippen LogP contribution in [0.5, 0.6) is 0 Å². The molecule has 1 aromatic rings. The Kier molecular flexibility index (Phi) is 4.32. The van der Waals surface area contributed by atoms with Crippen molar-refractivity contribution in [2.24, 2.45) is 5.41 Å². The Morgan fingerprint density at radius 3 is 2.11 bits per heavy atom. The van der Waals surface area contributed by atoms with Crippen LogP contribution >= 0.6 is 0 Å². The fourth-order valence-electron chi connectivity index (χ4n) is 3.12. The molecule has 0 amide bonds. The third kappa shape index (κ3) is 4.49. The predicted molar refractivity (Wildman–Crippen MR) is 77.9 cm³/mol. The second kappa shape index (κ2) is 5.08. The maximum absolute atomic E-state index is 5.61. The Labute approximate surface area is 112 Å². The zero-order valence-corrected chi connectivity index (χ0v) is 13.3. The summed E-state index contributed by atoms with van der Waals surface area (Å²) in [5.41, 5.74) is 1.72. The Bertz CT molecular complexity index is 396. The van der Waals surface area contributed by atoms with Crippen molar-refractivity contribution in [1.82, 2.24) is 5.32 Å². The van der Waals surface area contributed by atoms with Gasteiger partial charge in [-0.25, -0.2) is 0 Å². The van der Waals surface area contributed by atoms with E-state index in [1.807, 2.05) is 13.8 Å². The minimum absolute atomic E-state index is 0.120. The van der Waals surface area contributed by atoms with Gasteiger partial charge in [0.05, 0.1) is 0 Å².